The van der Waals surface area contributed by atoms with E-state index in [1.165, 1.54) is 18.2 Å². The van der Waals surface area contributed by atoms with E-state index in [1.54, 1.807) is 11.9 Å². The molecule has 0 bridgehead atoms. The number of carbonyl (C=O) groups excluding carboxylic acids is 2. The van der Waals surface area contributed by atoms with Gasteiger partial charge in [-0.15, -0.1) is 0 Å². The van der Waals surface area contributed by atoms with E-state index in [-0.39, 0.29) is 41.3 Å². The number of carbonyl (C=O) groups is 3. The highest BCUT2D eigenvalue weighted by atomic mass is 35.5. The second kappa shape index (κ2) is 11.3. The van der Waals surface area contributed by atoms with Crippen LogP contribution in [0.3, 0.4) is 0 Å². The van der Waals surface area contributed by atoms with Gasteiger partial charge < -0.3 is 15.7 Å². The molecule has 2 amide bonds. The zero-order valence-electron chi connectivity index (χ0n) is 18.0. The number of carboxylic acid groups (broad SMARTS) is 1. The van der Waals surface area contributed by atoms with E-state index in [1.807, 2.05) is 60.7 Å². The predicted octanol–water partition coefficient (Wildman–Crippen LogP) is 3.81. The normalized spacial score (nSPS) is 10.8. The maximum absolute atomic E-state index is 12.8. The van der Waals surface area contributed by atoms with Crippen molar-refractivity contribution < 1.29 is 19.5 Å². The molecule has 0 aliphatic heterocycles. The van der Waals surface area contributed by atoms with E-state index in [0.717, 1.165) is 11.1 Å². The Hall–Kier alpha value is -3.68. The van der Waals surface area contributed by atoms with Gasteiger partial charge in [-0.3, -0.25) is 14.5 Å². The molecule has 0 spiro atoms. The lowest BCUT2D eigenvalue weighted by atomic mass is 9.99. The van der Waals surface area contributed by atoms with Crippen LogP contribution in [-0.4, -0.2) is 47.9 Å². The minimum atomic E-state index is -1.20. The fraction of sp³-hybridized carbons (Fsp3) is 0.160. The number of nitrogens with one attached hydrogen (secondary N) is 2. The summed E-state index contributed by atoms with van der Waals surface area (Å²) in [5, 5.41) is 15.2. The number of benzene rings is 3. The first-order valence-corrected chi connectivity index (χ1v) is 10.6. The maximum Gasteiger partial charge on any atom is 0.337 e. The van der Waals surface area contributed by atoms with Gasteiger partial charge in [0.15, 0.2) is 0 Å². The summed E-state index contributed by atoms with van der Waals surface area (Å²) in [6.45, 7) is -0.119. The van der Waals surface area contributed by atoms with E-state index >= 15 is 0 Å². The van der Waals surface area contributed by atoms with Crippen molar-refractivity contribution in [1.29, 1.82) is 0 Å². The Morgan fingerprint density at radius 1 is 0.879 bits per heavy atom. The first-order valence-electron chi connectivity index (χ1n) is 10.2. The molecule has 3 aromatic rings. The van der Waals surface area contributed by atoms with E-state index in [9.17, 15) is 19.5 Å². The number of rotatable bonds is 9. The van der Waals surface area contributed by atoms with Gasteiger partial charge >= 0.3 is 5.97 Å². The number of aromatic carboxylic acids is 1. The quantitative estimate of drug-likeness (QED) is 0.446. The van der Waals surface area contributed by atoms with Crippen LogP contribution < -0.4 is 10.6 Å². The van der Waals surface area contributed by atoms with Crippen LogP contribution in [0.1, 0.15) is 27.5 Å². The molecule has 0 aliphatic rings. The van der Waals surface area contributed by atoms with Gasteiger partial charge in [-0.05, 0) is 36.4 Å². The van der Waals surface area contributed by atoms with Crippen molar-refractivity contribution in [3.8, 4) is 0 Å². The Bertz CT molecular complexity index is 1080. The number of amides is 2. The third kappa shape index (κ3) is 6.90. The molecule has 0 aromatic heterocycles. The second-order valence-electron chi connectivity index (χ2n) is 7.54. The number of anilines is 1. The molecular weight excluding hydrogens is 442 g/mol. The van der Waals surface area contributed by atoms with Crippen LogP contribution in [-0.2, 0) is 9.59 Å². The number of nitrogens with zero attached hydrogens (tertiary/aromatic N) is 1. The molecule has 3 N–H and O–H groups in total. The van der Waals surface area contributed by atoms with Crippen LogP contribution in [0.5, 0.6) is 0 Å². The fourth-order valence-electron chi connectivity index (χ4n) is 3.40. The summed E-state index contributed by atoms with van der Waals surface area (Å²) in [4.78, 5) is 38.1. The third-order valence-electron chi connectivity index (χ3n) is 4.88. The average molecular weight is 466 g/mol. The predicted molar refractivity (Wildman–Crippen MR) is 127 cm³/mol. The Morgan fingerprint density at radius 3 is 1.97 bits per heavy atom. The van der Waals surface area contributed by atoms with Crippen LogP contribution in [0.2, 0.25) is 5.02 Å². The van der Waals surface area contributed by atoms with Crippen molar-refractivity contribution >= 4 is 35.1 Å². The van der Waals surface area contributed by atoms with Gasteiger partial charge in [0.05, 0.1) is 30.4 Å². The van der Waals surface area contributed by atoms with Gasteiger partial charge in [0.25, 0.3) is 0 Å². The molecule has 0 radical (unpaired) electrons. The largest absolute Gasteiger partial charge is 0.478 e. The molecule has 3 aromatic carbocycles. The SMILES string of the molecule is CN(CC(=O)Nc1ccc(Cl)cc1C(=O)O)CC(=O)NC(c1ccccc1)c1ccccc1. The second-order valence-corrected chi connectivity index (χ2v) is 7.97. The van der Waals surface area contributed by atoms with Gasteiger partial charge in [0, 0.05) is 5.02 Å². The zero-order valence-corrected chi connectivity index (χ0v) is 18.8. The zero-order chi connectivity index (χ0) is 23.8. The Labute approximate surface area is 197 Å². The van der Waals surface area contributed by atoms with E-state index in [4.69, 9.17) is 11.6 Å². The molecular formula is C25H24ClN3O4. The van der Waals surface area contributed by atoms with Gasteiger partial charge in [-0.2, -0.15) is 0 Å². The average Bonchev–Trinajstić information content (AvgIpc) is 2.79. The summed E-state index contributed by atoms with van der Waals surface area (Å²) in [7, 11) is 1.64. The van der Waals surface area contributed by atoms with Crippen molar-refractivity contribution in [3.63, 3.8) is 0 Å². The van der Waals surface area contributed by atoms with Crippen LogP contribution in [0, 0.1) is 0 Å². The molecule has 0 heterocycles. The van der Waals surface area contributed by atoms with Crippen molar-refractivity contribution in [3.05, 3.63) is 101 Å². The molecule has 0 fully saturated rings. The first kappa shape index (κ1) is 24.0. The lowest BCUT2D eigenvalue weighted by Crippen LogP contribution is -2.40. The lowest BCUT2D eigenvalue weighted by Gasteiger charge is -2.22. The summed E-state index contributed by atoms with van der Waals surface area (Å²) in [6, 6.07) is 23.1. The van der Waals surface area contributed by atoms with Crippen molar-refractivity contribution in [2.75, 3.05) is 25.5 Å². The molecule has 0 saturated carbocycles. The van der Waals surface area contributed by atoms with Crippen molar-refractivity contribution in [1.82, 2.24) is 10.2 Å². The minimum Gasteiger partial charge on any atom is -0.478 e. The molecule has 0 saturated heterocycles. The first-order chi connectivity index (χ1) is 15.8. The molecule has 7 nitrogen and oxygen atoms in total. The highest BCUT2D eigenvalue weighted by Crippen LogP contribution is 2.22. The van der Waals surface area contributed by atoms with Crippen LogP contribution >= 0.6 is 11.6 Å². The number of likely N-dealkylation sites (N-methyl/N-ethyl adjacent to an activating group) is 1. The minimum absolute atomic E-state index is 0.0179. The summed E-state index contributed by atoms with van der Waals surface area (Å²) in [6.07, 6.45) is 0. The Kier molecular flexibility index (Phi) is 8.18. The smallest absolute Gasteiger partial charge is 0.337 e. The highest BCUT2D eigenvalue weighted by molar-refractivity contribution is 6.31. The van der Waals surface area contributed by atoms with Crippen LogP contribution in [0.4, 0.5) is 5.69 Å². The standard InChI is InChI=1S/C25H24ClN3O4/c1-29(15-22(30)27-21-13-12-19(26)14-20(21)25(32)33)16-23(31)28-24(17-8-4-2-5-9-17)18-10-6-3-7-11-18/h2-14,24H,15-16H2,1H3,(H,27,30)(H,28,31)(H,32,33). The summed E-state index contributed by atoms with van der Waals surface area (Å²) in [5.41, 5.74) is 1.93. The Balaban J connectivity index is 1.62. The molecule has 33 heavy (non-hydrogen) atoms. The highest BCUT2D eigenvalue weighted by Gasteiger charge is 2.19. The van der Waals surface area contributed by atoms with E-state index in [2.05, 4.69) is 10.6 Å². The summed E-state index contributed by atoms with van der Waals surface area (Å²) in [5.74, 6) is -1.90. The number of carboxylic acids is 1. The molecule has 8 heteroatoms. The molecule has 0 atom stereocenters. The number of hydrogen-bond donors (Lipinski definition) is 3. The fourth-order valence-corrected chi connectivity index (χ4v) is 3.57. The molecule has 170 valence electrons. The number of hydrogen-bond acceptors (Lipinski definition) is 4. The van der Waals surface area contributed by atoms with Crippen molar-refractivity contribution in [2.24, 2.45) is 0 Å². The van der Waals surface area contributed by atoms with Crippen LogP contribution in [0.25, 0.3) is 0 Å². The topological polar surface area (TPSA) is 98.7 Å². The monoisotopic (exact) mass is 465 g/mol. The lowest BCUT2D eigenvalue weighted by molar-refractivity contribution is -0.123. The maximum atomic E-state index is 12.8. The van der Waals surface area contributed by atoms with Gasteiger partial charge in [-0.1, -0.05) is 72.3 Å². The van der Waals surface area contributed by atoms with E-state index < -0.39 is 11.9 Å². The number of halogens is 1. The Morgan fingerprint density at radius 2 is 1.42 bits per heavy atom. The third-order valence-corrected chi connectivity index (χ3v) is 5.12. The van der Waals surface area contributed by atoms with Gasteiger partial charge in [-0.25, -0.2) is 4.79 Å². The van der Waals surface area contributed by atoms with Gasteiger partial charge in [0.1, 0.15) is 0 Å². The van der Waals surface area contributed by atoms with E-state index in [0.29, 0.717) is 0 Å². The van der Waals surface area contributed by atoms with Gasteiger partial charge in [0.2, 0.25) is 11.8 Å². The molecule has 3 rings (SSSR count). The van der Waals surface area contributed by atoms with Crippen LogP contribution in [0.15, 0.2) is 78.9 Å². The summed E-state index contributed by atoms with van der Waals surface area (Å²) < 4.78 is 0. The molecule has 0 unspecified atom stereocenters. The molecule has 0 aliphatic carbocycles. The summed E-state index contributed by atoms with van der Waals surface area (Å²) >= 11 is 5.84. The van der Waals surface area contributed by atoms with Crippen molar-refractivity contribution in [2.45, 2.75) is 6.04 Å².